The maximum atomic E-state index is 12.2. The number of fused-ring (bicyclic) bond motifs is 1. The number of benzene rings is 1. The van der Waals surface area contributed by atoms with Crippen molar-refractivity contribution < 1.29 is 9.59 Å². The number of nitrogens with two attached hydrogens (primary N) is 1. The van der Waals surface area contributed by atoms with Crippen LogP contribution < -0.4 is 16.4 Å². The molecule has 1 heterocycles. The normalized spacial score (nSPS) is 11.4. The zero-order valence-corrected chi connectivity index (χ0v) is 13.2. The summed E-state index contributed by atoms with van der Waals surface area (Å²) in [5, 5.41) is 6.11. The number of amides is 2. The third kappa shape index (κ3) is 3.93. The van der Waals surface area contributed by atoms with Crippen molar-refractivity contribution in [2.45, 2.75) is 19.9 Å². The minimum atomic E-state index is -0.647. The summed E-state index contributed by atoms with van der Waals surface area (Å²) in [6.07, 6.45) is 0. The molecule has 118 valence electrons. The van der Waals surface area contributed by atoms with Gasteiger partial charge >= 0.3 is 0 Å². The lowest BCUT2D eigenvalue weighted by Gasteiger charge is -2.11. The van der Waals surface area contributed by atoms with Crippen LogP contribution in [0.1, 0.15) is 24.2 Å². The number of halogens is 1. The van der Waals surface area contributed by atoms with Gasteiger partial charge in [0, 0.05) is 11.9 Å². The van der Waals surface area contributed by atoms with Gasteiger partial charge in [0.1, 0.15) is 5.82 Å². The summed E-state index contributed by atoms with van der Waals surface area (Å²) < 4.78 is 0. The van der Waals surface area contributed by atoms with Crippen LogP contribution >= 0.6 is 12.4 Å². The fourth-order valence-electron chi connectivity index (χ4n) is 1.92. The summed E-state index contributed by atoms with van der Waals surface area (Å²) in [4.78, 5) is 28.2. The average molecular weight is 323 g/mol. The molecule has 1 atom stereocenters. The summed E-state index contributed by atoms with van der Waals surface area (Å²) in [5.41, 5.74) is 6.64. The Morgan fingerprint density at radius 1 is 1.32 bits per heavy atom. The first-order chi connectivity index (χ1) is 10.0. The van der Waals surface area contributed by atoms with Crippen LogP contribution in [0.5, 0.6) is 0 Å². The standard InChI is InChI=1S/C15H18N4O2.ClH/c1-3-17-15(21)11-8-13(19-14(20)9(2)16)18-12-7-5-4-6-10(11)12;/h4-9H,3,16H2,1-2H3,(H,17,21)(H,18,19,20);1H. The summed E-state index contributed by atoms with van der Waals surface area (Å²) in [6.45, 7) is 3.96. The highest BCUT2D eigenvalue weighted by molar-refractivity contribution is 6.07. The zero-order valence-electron chi connectivity index (χ0n) is 12.4. The van der Waals surface area contributed by atoms with Crippen LogP contribution in [-0.4, -0.2) is 29.4 Å². The highest BCUT2D eigenvalue weighted by atomic mass is 35.5. The number of carbonyl (C=O) groups excluding carboxylic acids is 2. The van der Waals surface area contributed by atoms with Crippen molar-refractivity contribution in [2.75, 3.05) is 11.9 Å². The lowest BCUT2D eigenvalue weighted by atomic mass is 10.1. The maximum Gasteiger partial charge on any atom is 0.252 e. The van der Waals surface area contributed by atoms with Gasteiger partial charge in [-0.1, -0.05) is 18.2 Å². The van der Waals surface area contributed by atoms with Crippen LogP contribution in [0.3, 0.4) is 0 Å². The molecule has 22 heavy (non-hydrogen) atoms. The second-order valence-corrected chi connectivity index (χ2v) is 4.71. The third-order valence-corrected chi connectivity index (χ3v) is 2.96. The van der Waals surface area contributed by atoms with E-state index in [2.05, 4.69) is 15.6 Å². The van der Waals surface area contributed by atoms with Crippen molar-refractivity contribution in [3.63, 3.8) is 0 Å². The predicted octanol–water partition coefficient (Wildman–Crippen LogP) is 1.69. The Kier molecular flexibility index (Phi) is 6.27. The van der Waals surface area contributed by atoms with Crippen LogP contribution in [0.15, 0.2) is 30.3 Å². The first-order valence-electron chi connectivity index (χ1n) is 6.77. The van der Waals surface area contributed by atoms with E-state index in [-0.39, 0.29) is 24.2 Å². The minimum Gasteiger partial charge on any atom is -0.352 e. The molecular weight excluding hydrogens is 304 g/mol. The van der Waals surface area contributed by atoms with E-state index in [0.717, 1.165) is 5.39 Å². The fraction of sp³-hybridized carbons (Fsp3) is 0.267. The Bertz CT molecular complexity index is 688. The number of pyridine rings is 1. The largest absolute Gasteiger partial charge is 0.352 e. The Balaban J connectivity index is 0.00000242. The number of nitrogens with zero attached hydrogens (tertiary/aromatic N) is 1. The number of para-hydroxylation sites is 1. The van der Waals surface area contributed by atoms with E-state index in [1.807, 2.05) is 25.1 Å². The fourth-order valence-corrected chi connectivity index (χ4v) is 1.92. The van der Waals surface area contributed by atoms with E-state index < -0.39 is 6.04 Å². The molecule has 1 aromatic heterocycles. The van der Waals surface area contributed by atoms with Crippen molar-refractivity contribution >= 4 is 40.9 Å². The monoisotopic (exact) mass is 322 g/mol. The first-order valence-corrected chi connectivity index (χ1v) is 6.77. The number of aromatic nitrogens is 1. The van der Waals surface area contributed by atoms with Crippen molar-refractivity contribution in [1.82, 2.24) is 10.3 Å². The van der Waals surface area contributed by atoms with E-state index in [0.29, 0.717) is 23.4 Å². The smallest absolute Gasteiger partial charge is 0.252 e. The van der Waals surface area contributed by atoms with Gasteiger partial charge in [0.15, 0.2) is 0 Å². The number of hydrogen-bond acceptors (Lipinski definition) is 4. The molecule has 7 heteroatoms. The number of rotatable bonds is 4. The molecule has 0 saturated carbocycles. The van der Waals surface area contributed by atoms with E-state index >= 15 is 0 Å². The molecule has 0 spiro atoms. The maximum absolute atomic E-state index is 12.2. The summed E-state index contributed by atoms with van der Waals surface area (Å²) >= 11 is 0. The number of nitrogens with one attached hydrogen (secondary N) is 2. The van der Waals surface area contributed by atoms with Crippen molar-refractivity contribution in [3.8, 4) is 0 Å². The molecule has 2 rings (SSSR count). The predicted molar refractivity (Wildman–Crippen MR) is 89.3 cm³/mol. The lowest BCUT2D eigenvalue weighted by molar-refractivity contribution is -0.117. The van der Waals surface area contributed by atoms with Gasteiger partial charge in [-0.3, -0.25) is 9.59 Å². The quantitative estimate of drug-likeness (QED) is 0.798. The third-order valence-electron chi connectivity index (χ3n) is 2.96. The molecule has 6 nitrogen and oxygen atoms in total. The minimum absolute atomic E-state index is 0. The summed E-state index contributed by atoms with van der Waals surface area (Å²) in [6, 6.07) is 8.20. The molecule has 0 bridgehead atoms. The van der Waals surface area contributed by atoms with Gasteiger partial charge in [-0.25, -0.2) is 4.98 Å². The van der Waals surface area contributed by atoms with E-state index in [1.54, 1.807) is 19.1 Å². The molecule has 0 saturated heterocycles. The van der Waals surface area contributed by atoms with Crippen LogP contribution in [-0.2, 0) is 4.79 Å². The molecule has 2 amide bonds. The van der Waals surface area contributed by atoms with Crippen molar-refractivity contribution in [1.29, 1.82) is 0 Å². The van der Waals surface area contributed by atoms with Gasteiger partial charge in [-0.2, -0.15) is 0 Å². The Labute approximate surface area is 134 Å². The molecule has 2 aromatic rings. The second-order valence-electron chi connectivity index (χ2n) is 4.71. The number of hydrogen-bond donors (Lipinski definition) is 3. The van der Waals surface area contributed by atoms with Crippen molar-refractivity contribution in [3.05, 3.63) is 35.9 Å². The van der Waals surface area contributed by atoms with Gasteiger partial charge in [-0.15, -0.1) is 12.4 Å². The Hall–Kier alpha value is -2.18. The van der Waals surface area contributed by atoms with E-state index in [1.165, 1.54) is 0 Å². The van der Waals surface area contributed by atoms with Gasteiger partial charge in [0.2, 0.25) is 5.91 Å². The van der Waals surface area contributed by atoms with E-state index in [9.17, 15) is 9.59 Å². The molecule has 0 aliphatic carbocycles. The van der Waals surface area contributed by atoms with Gasteiger partial charge in [0.05, 0.1) is 17.1 Å². The topological polar surface area (TPSA) is 97.1 Å². The molecule has 1 unspecified atom stereocenters. The molecule has 0 fully saturated rings. The lowest BCUT2D eigenvalue weighted by Crippen LogP contribution is -2.33. The highest BCUT2D eigenvalue weighted by Crippen LogP contribution is 2.20. The second kappa shape index (κ2) is 7.72. The van der Waals surface area contributed by atoms with Gasteiger partial charge in [0.25, 0.3) is 5.91 Å². The van der Waals surface area contributed by atoms with E-state index in [4.69, 9.17) is 5.73 Å². The molecule has 0 aliphatic heterocycles. The molecule has 0 radical (unpaired) electrons. The Morgan fingerprint density at radius 2 is 2.00 bits per heavy atom. The SMILES string of the molecule is CCNC(=O)c1cc(NC(=O)C(C)N)nc2ccccc12.Cl. The summed E-state index contributed by atoms with van der Waals surface area (Å²) in [5.74, 6) is -0.232. The molecule has 1 aromatic carbocycles. The molecule has 0 aliphatic rings. The highest BCUT2D eigenvalue weighted by Gasteiger charge is 2.14. The van der Waals surface area contributed by atoms with Gasteiger partial charge in [-0.05, 0) is 26.0 Å². The zero-order chi connectivity index (χ0) is 15.4. The number of anilines is 1. The van der Waals surface area contributed by atoms with Gasteiger partial charge < -0.3 is 16.4 Å². The molecule has 4 N–H and O–H groups in total. The summed E-state index contributed by atoms with van der Waals surface area (Å²) in [7, 11) is 0. The average Bonchev–Trinajstić information content (AvgIpc) is 2.46. The van der Waals surface area contributed by atoms with Crippen LogP contribution in [0.2, 0.25) is 0 Å². The van der Waals surface area contributed by atoms with Crippen LogP contribution in [0.25, 0.3) is 10.9 Å². The Morgan fingerprint density at radius 3 is 2.64 bits per heavy atom. The van der Waals surface area contributed by atoms with Crippen LogP contribution in [0.4, 0.5) is 5.82 Å². The molecular formula is C15H19ClN4O2. The van der Waals surface area contributed by atoms with Crippen molar-refractivity contribution in [2.24, 2.45) is 5.73 Å². The number of carbonyl (C=O) groups is 2. The van der Waals surface area contributed by atoms with Crippen LogP contribution in [0, 0.1) is 0 Å². The first kappa shape index (κ1) is 17.9.